The summed E-state index contributed by atoms with van der Waals surface area (Å²) in [6.45, 7) is 9.69. The fourth-order valence-electron chi connectivity index (χ4n) is 3.70. The fraction of sp³-hybridized carbons (Fsp3) is 0.600. The van der Waals surface area contributed by atoms with Crippen LogP contribution in [-0.4, -0.2) is 41.4 Å². The van der Waals surface area contributed by atoms with E-state index in [1.54, 1.807) is 4.90 Å². The second-order valence-corrected chi connectivity index (χ2v) is 7.95. The second-order valence-electron chi connectivity index (χ2n) is 7.95. The van der Waals surface area contributed by atoms with Crippen molar-refractivity contribution < 1.29 is 9.59 Å². The molecule has 2 saturated heterocycles. The molecule has 0 aromatic heterocycles. The molecule has 136 valence electrons. The maximum Gasteiger partial charge on any atom is 0.246 e. The molecule has 0 unspecified atom stereocenters. The molecule has 0 spiro atoms. The van der Waals surface area contributed by atoms with E-state index in [9.17, 15) is 9.59 Å². The quantitative estimate of drug-likeness (QED) is 0.860. The first-order chi connectivity index (χ1) is 11.9. The molecule has 25 heavy (non-hydrogen) atoms. The van der Waals surface area contributed by atoms with E-state index in [1.807, 2.05) is 13.8 Å². The molecule has 1 aromatic rings. The summed E-state index contributed by atoms with van der Waals surface area (Å²) < 4.78 is 0. The highest BCUT2D eigenvalue weighted by molar-refractivity contribution is 5.97. The van der Waals surface area contributed by atoms with E-state index >= 15 is 0 Å². The third-order valence-corrected chi connectivity index (χ3v) is 5.36. The van der Waals surface area contributed by atoms with Gasteiger partial charge in [0.15, 0.2) is 0 Å². The van der Waals surface area contributed by atoms with E-state index in [0.29, 0.717) is 18.9 Å². The van der Waals surface area contributed by atoms with Crippen LogP contribution >= 0.6 is 0 Å². The maximum atomic E-state index is 12.6. The van der Waals surface area contributed by atoms with E-state index in [1.165, 1.54) is 11.1 Å². The number of carbonyl (C=O) groups excluding carboxylic acids is 2. The molecule has 2 N–H and O–H groups in total. The Morgan fingerprint density at radius 3 is 2.44 bits per heavy atom. The Hall–Kier alpha value is -1.88. The lowest BCUT2D eigenvalue weighted by molar-refractivity contribution is -0.148. The zero-order valence-corrected chi connectivity index (χ0v) is 15.6. The largest absolute Gasteiger partial charge is 0.342 e. The molecule has 5 heteroatoms. The third-order valence-electron chi connectivity index (χ3n) is 5.36. The molecule has 3 atom stereocenters. The Morgan fingerprint density at radius 2 is 1.84 bits per heavy atom. The smallest absolute Gasteiger partial charge is 0.246 e. The van der Waals surface area contributed by atoms with Crippen LogP contribution in [0.4, 0.5) is 0 Å². The molecule has 1 aromatic carbocycles. The molecule has 0 bridgehead atoms. The average Bonchev–Trinajstić information content (AvgIpc) is 3.01. The molecule has 2 aliphatic heterocycles. The molecule has 2 fully saturated rings. The number of carbonyl (C=O) groups is 2. The van der Waals surface area contributed by atoms with Gasteiger partial charge in [0.1, 0.15) is 12.1 Å². The predicted octanol–water partition coefficient (Wildman–Crippen LogP) is 2.02. The van der Waals surface area contributed by atoms with E-state index in [4.69, 9.17) is 0 Å². The molecular formula is C20H29N3O2. The molecule has 5 nitrogen and oxygen atoms in total. The van der Waals surface area contributed by atoms with Crippen molar-refractivity contribution in [3.05, 3.63) is 35.4 Å². The molecule has 0 radical (unpaired) electrons. The number of amides is 2. The van der Waals surface area contributed by atoms with Gasteiger partial charge in [0.2, 0.25) is 11.8 Å². The van der Waals surface area contributed by atoms with Crippen LogP contribution in [-0.2, 0) is 16.1 Å². The molecule has 2 heterocycles. The SMILES string of the molecule is CC(C)c1ccc(CN[C@H]2C[C@H]3C(=O)N[C@H](C(C)C)C(=O)N3C2)cc1. The molecule has 2 amide bonds. The van der Waals surface area contributed by atoms with E-state index in [-0.39, 0.29) is 35.9 Å². The zero-order valence-electron chi connectivity index (χ0n) is 15.6. The minimum Gasteiger partial charge on any atom is -0.342 e. The van der Waals surface area contributed by atoms with E-state index < -0.39 is 0 Å². The van der Waals surface area contributed by atoms with E-state index in [0.717, 1.165) is 6.54 Å². The van der Waals surface area contributed by atoms with Crippen LogP contribution in [0.3, 0.4) is 0 Å². The van der Waals surface area contributed by atoms with E-state index in [2.05, 4.69) is 48.7 Å². The van der Waals surface area contributed by atoms with Crippen LogP contribution in [0.2, 0.25) is 0 Å². The van der Waals surface area contributed by atoms with Crippen molar-refractivity contribution in [2.45, 2.75) is 64.7 Å². The summed E-state index contributed by atoms with van der Waals surface area (Å²) in [5.41, 5.74) is 2.56. The fourth-order valence-corrected chi connectivity index (χ4v) is 3.70. The van der Waals surface area contributed by atoms with Crippen LogP contribution in [0.15, 0.2) is 24.3 Å². The van der Waals surface area contributed by atoms with Crippen LogP contribution in [0.1, 0.15) is 51.2 Å². The van der Waals surface area contributed by atoms with Gasteiger partial charge in [-0.2, -0.15) is 0 Å². The van der Waals surface area contributed by atoms with Gasteiger partial charge in [0.25, 0.3) is 0 Å². The molecule has 0 saturated carbocycles. The summed E-state index contributed by atoms with van der Waals surface area (Å²) >= 11 is 0. The average molecular weight is 343 g/mol. The number of hydrogen-bond acceptors (Lipinski definition) is 3. The lowest BCUT2D eigenvalue weighted by atomic mass is 9.98. The number of nitrogens with one attached hydrogen (secondary N) is 2. The lowest BCUT2D eigenvalue weighted by Crippen LogP contribution is -2.62. The van der Waals surface area contributed by atoms with Gasteiger partial charge in [-0.1, -0.05) is 52.0 Å². The summed E-state index contributed by atoms with van der Waals surface area (Å²) in [5, 5.41) is 6.40. The first-order valence-corrected chi connectivity index (χ1v) is 9.30. The van der Waals surface area contributed by atoms with Crippen LogP contribution < -0.4 is 10.6 Å². The van der Waals surface area contributed by atoms with Gasteiger partial charge >= 0.3 is 0 Å². The Balaban J connectivity index is 1.59. The molecule has 3 rings (SSSR count). The van der Waals surface area contributed by atoms with Gasteiger partial charge in [0, 0.05) is 19.1 Å². The van der Waals surface area contributed by atoms with Crippen molar-refractivity contribution >= 4 is 11.8 Å². The van der Waals surface area contributed by atoms with Gasteiger partial charge in [-0.3, -0.25) is 9.59 Å². The Bertz CT molecular complexity index is 639. The first kappa shape index (κ1) is 17.9. The summed E-state index contributed by atoms with van der Waals surface area (Å²) in [7, 11) is 0. The summed E-state index contributed by atoms with van der Waals surface area (Å²) in [5.74, 6) is 0.698. The number of fused-ring (bicyclic) bond motifs is 1. The number of rotatable bonds is 5. The normalized spacial score (nSPS) is 26.3. The minimum atomic E-state index is -0.383. The summed E-state index contributed by atoms with van der Waals surface area (Å²) in [6.07, 6.45) is 0.687. The summed E-state index contributed by atoms with van der Waals surface area (Å²) in [6, 6.07) is 8.10. The monoisotopic (exact) mass is 343 g/mol. The highest BCUT2D eigenvalue weighted by Gasteiger charge is 2.46. The van der Waals surface area contributed by atoms with Crippen molar-refractivity contribution in [1.29, 1.82) is 0 Å². The molecule has 2 aliphatic rings. The van der Waals surface area contributed by atoms with Gasteiger partial charge in [-0.05, 0) is 29.4 Å². The van der Waals surface area contributed by atoms with Crippen molar-refractivity contribution in [2.75, 3.05) is 6.54 Å². The standard InChI is InChI=1S/C20H29N3O2/c1-12(2)15-7-5-14(6-8-15)10-21-16-9-17-19(24)22-18(13(3)4)20(25)23(17)11-16/h5-8,12-13,16-18,21H,9-11H2,1-4H3,(H,22,24)/t16-,17-,18+/m0/s1. The highest BCUT2D eigenvalue weighted by Crippen LogP contribution is 2.25. The van der Waals surface area contributed by atoms with Crippen LogP contribution in [0.5, 0.6) is 0 Å². The Morgan fingerprint density at radius 1 is 1.16 bits per heavy atom. The Kier molecular flexibility index (Phi) is 5.13. The van der Waals surface area contributed by atoms with Gasteiger partial charge in [-0.15, -0.1) is 0 Å². The summed E-state index contributed by atoms with van der Waals surface area (Å²) in [4.78, 5) is 26.7. The first-order valence-electron chi connectivity index (χ1n) is 9.30. The van der Waals surface area contributed by atoms with Gasteiger partial charge in [0.05, 0.1) is 0 Å². The van der Waals surface area contributed by atoms with Gasteiger partial charge in [-0.25, -0.2) is 0 Å². The number of nitrogens with zero attached hydrogens (tertiary/aromatic N) is 1. The number of piperazine rings is 1. The van der Waals surface area contributed by atoms with Crippen molar-refractivity contribution in [3.8, 4) is 0 Å². The van der Waals surface area contributed by atoms with Crippen LogP contribution in [0, 0.1) is 5.92 Å². The lowest BCUT2D eigenvalue weighted by Gasteiger charge is -2.36. The topological polar surface area (TPSA) is 61.4 Å². The molecule has 0 aliphatic carbocycles. The predicted molar refractivity (Wildman–Crippen MR) is 98.0 cm³/mol. The van der Waals surface area contributed by atoms with Gasteiger partial charge < -0.3 is 15.5 Å². The minimum absolute atomic E-state index is 0.0103. The molecular weight excluding hydrogens is 314 g/mol. The third kappa shape index (κ3) is 3.71. The number of benzene rings is 1. The van der Waals surface area contributed by atoms with Crippen LogP contribution in [0.25, 0.3) is 0 Å². The highest BCUT2D eigenvalue weighted by atomic mass is 16.2. The van der Waals surface area contributed by atoms with Crippen molar-refractivity contribution in [3.63, 3.8) is 0 Å². The zero-order chi connectivity index (χ0) is 18.1. The van der Waals surface area contributed by atoms with Crippen molar-refractivity contribution in [1.82, 2.24) is 15.5 Å². The number of hydrogen-bond donors (Lipinski definition) is 2. The van der Waals surface area contributed by atoms with Crippen molar-refractivity contribution in [2.24, 2.45) is 5.92 Å². The second kappa shape index (κ2) is 7.16. The Labute approximate surface area is 150 Å². The maximum absolute atomic E-state index is 12.6.